The molecule has 0 aliphatic carbocycles. The molecule has 1 aliphatic heterocycles. The molecule has 0 saturated heterocycles. The highest BCUT2D eigenvalue weighted by atomic mass is 35.5. The number of nitrogens with zero attached hydrogens (tertiary/aromatic N) is 1. The molecule has 0 bridgehead atoms. The van der Waals surface area contributed by atoms with Crippen LogP contribution in [0.5, 0.6) is 5.75 Å². The average molecular weight is 420 g/mol. The molecule has 7 heteroatoms. The van der Waals surface area contributed by atoms with Gasteiger partial charge >= 0.3 is 0 Å². The first-order valence-electron chi connectivity index (χ1n) is 9.24. The van der Waals surface area contributed by atoms with Gasteiger partial charge in [-0.25, -0.2) is 4.99 Å². The third-order valence-electron chi connectivity index (χ3n) is 4.66. The van der Waals surface area contributed by atoms with Crippen molar-refractivity contribution >= 4 is 34.8 Å². The fraction of sp³-hybridized carbons (Fsp3) is 0.0870. The van der Waals surface area contributed by atoms with Crippen LogP contribution in [0.3, 0.4) is 0 Å². The number of benzene rings is 3. The number of hydrogen-bond acceptors (Lipinski definition) is 4. The number of rotatable bonds is 4. The Balaban J connectivity index is 1.71. The van der Waals surface area contributed by atoms with Gasteiger partial charge in [-0.2, -0.15) is 0 Å². The van der Waals surface area contributed by atoms with E-state index in [1.807, 2.05) is 30.3 Å². The molecule has 3 aromatic rings. The zero-order chi connectivity index (χ0) is 21.1. The summed E-state index contributed by atoms with van der Waals surface area (Å²) in [6.07, 6.45) is -1.11. The molecule has 1 heterocycles. The van der Waals surface area contributed by atoms with Gasteiger partial charge in [-0.3, -0.25) is 9.59 Å². The van der Waals surface area contributed by atoms with E-state index in [4.69, 9.17) is 16.3 Å². The Kier molecular flexibility index (Phi) is 5.50. The first-order valence-corrected chi connectivity index (χ1v) is 9.62. The van der Waals surface area contributed by atoms with Crippen LogP contribution in [0.4, 0.5) is 5.69 Å². The summed E-state index contributed by atoms with van der Waals surface area (Å²) in [5, 5.41) is 6.09. The van der Waals surface area contributed by atoms with Crippen LogP contribution in [-0.2, 0) is 4.79 Å². The lowest BCUT2D eigenvalue weighted by molar-refractivity contribution is -0.117. The van der Waals surface area contributed by atoms with Crippen molar-refractivity contribution in [2.75, 3.05) is 12.4 Å². The molecule has 6 nitrogen and oxygen atoms in total. The number of hydrogen-bond donors (Lipinski definition) is 2. The summed E-state index contributed by atoms with van der Waals surface area (Å²) in [5.74, 6) is -0.213. The van der Waals surface area contributed by atoms with Crippen molar-refractivity contribution in [3.05, 3.63) is 94.5 Å². The Morgan fingerprint density at radius 1 is 1.07 bits per heavy atom. The van der Waals surface area contributed by atoms with Gasteiger partial charge in [-0.15, -0.1) is 0 Å². The number of carbonyl (C=O) groups excluding carboxylic acids is 2. The predicted molar refractivity (Wildman–Crippen MR) is 116 cm³/mol. The normalized spacial score (nSPS) is 15.3. The quantitative estimate of drug-likeness (QED) is 0.673. The number of anilines is 1. The van der Waals surface area contributed by atoms with Crippen molar-refractivity contribution in [1.29, 1.82) is 0 Å². The van der Waals surface area contributed by atoms with Gasteiger partial charge in [0.25, 0.3) is 11.8 Å². The molecule has 150 valence electrons. The minimum absolute atomic E-state index is 0.393. The summed E-state index contributed by atoms with van der Waals surface area (Å²) in [7, 11) is 1.55. The first-order chi connectivity index (χ1) is 14.5. The second-order valence-electron chi connectivity index (χ2n) is 6.63. The zero-order valence-electron chi connectivity index (χ0n) is 16.1. The van der Waals surface area contributed by atoms with E-state index in [1.54, 1.807) is 49.6 Å². The fourth-order valence-corrected chi connectivity index (χ4v) is 3.36. The van der Waals surface area contributed by atoms with E-state index < -0.39 is 18.0 Å². The van der Waals surface area contributed by atoms with Crippen LogP contribution in [0.2, 0.25) is 5.02 Å². The highest BCUT2D eigenvalue weighted by Gasteiger charge is 2.27. The molecule has 1 unspecified atom stereocenters. The Labute approximate surface area is 178 Å². The largest absolute Gasteiger partial charge is 0.497 e. The maximum atomic E-state index is 12.8. The molecule has 4 rings (SSSR count). The maximum absolute atomic E-state index is 12.8. The first kappa shape index (κ1) is 19.7. The van der Waals surface area contributed by atoms with E-state index >= 15 is 0 Å². The number of methoxy groups -OCH3 is 1. The zero-order valence-corrected chi connectivity index (χ0v) is 16.8. The maximum Gasteiger partial charge on any atom is 0.269 e. The van der Waals surface area contributed by atoms with Crippen LogP contribution < -0.4 is 15.4 Å². The van der Waals surface area contributed by atoms with E-state index in [9.17, 15) is 9.59 Å². The van der Waals surface area contributed by atoms with Gasteiger partial charge in [0.05, 0.1) is 18.5 Å². The van der Waals surface area contributed by atoms with Crippen LogP contribution in [-0.4, -0.2) is 30.8 Å². The number of nitrogens with one attached hydrogen (secondary N) is 2. The Morgan fingerprint density at radius 2 is 1.83 bits per heavy atom. The third-order valence-corrected chi connectivity index (χ3v) is 4.90. The van der Waals surface area contributed by atoms with Gasteiger partial charge in [-0.1, -0.05) is 41.9 Å². The van der Waals surface area contributed by atoms with Crippen molar-refractivity contribution in [3.8, 4) is 5.75 Å². The van der Waals surface area contributed by atoms with Gasteiger partial charge in [0.1, 0.15) is 5.75 Å². The number of para-hydroxylation sites is 1. The van der Waals surface area contributed by atoms with Crippen molar-refractivity contribution in [1.82, 2.24) is 5.32 Å². The van der Waals surface area contributed by atoms with Crippen LogP contribution in [0.1, 0.15) is 21.5 Å². The molecule has 0 aromatic heterocycles. The van der Waals surface area contributed by atoms with E-state index in [0.717, 1.165) is 11.1 Å². The van der Waals surface area contributed by atoms with Gasteiger partial charge in [-0.05, 0) is 42.5 Å². The summed E-state index contributed by atoms with van der Waals surface area (Å²) >= 11 is 6.17. The van der Waals surface area contributed by atoms with E-state index in [2.05, 4.69) is 15.6 Å². The molecule has 30 heavy (non-hydrogen) atoms. The molecule has 0 radical (unpaired) electrons. The van der Waals surface area contributed by atoms with E-state index in [0.29, 0.717) is 27.7 Å². The molecule has 2 N–H and O–H groups in total. The number of carbonyl (C=O) groups is 2. The molecular weight excluding hydrogens is 402 g/mol. The second-order valence-corrected chi connectivity index (χ2v) is 7.06. The van der Waals surface area contributed by atoms with Crippen LogP contribution in [0.25, 0.3) is 0 Å². The Bertz CT molecular complexity index is 1140. The summed E-state index contributed by atoms with van der Waals surface area (Å²) in [6.45, 7) is 0. The minimum Gasteiger partial charge on any atom is -0.497 e. The smallest absolute Gasteiger partial charge is 0.269 e. The Morgan fingerprint density at radius 3 is 2.57 bits per heavy atom. The van der Waals surface area contributed by atoms with Crippen molar-refractivity contribution < 1.29 is 14.3 Å². The highest BCUT2D eigenvalue weighted by molar-refractivity contribution is 6.31. The Hall–Kier alpha value is -3.64. The SMILES string of the molecule is COc1ccc(C(=O)NC2N=C(c3cccc(Cl)c3)c3ccccc3NC2=O)cc1. The number of fused-ring (bicyclic) bond motifs is 1. The standard InChI is InChI=1S/C23H18ClN3O3/c1-30-17-11-9-14(10-12-17)22(28)27-21-23(29)25-19-8-3-2-7-18(19)20(26-21)15-5-4-6-16(24)13-15/h2-13,21H,1H3,(H,25,29)(H,27,28). The van der Waals surface area contributed by atoms with Gasteiger partial charge < -0.3 is 15.4 Å². The molecular formula is C23H18ClN3O3. The summed E-state index contributed by atoms with van der Waals surface area (Å²) < 4.78 is 5.11. The highest BCUT2D eigenvalue weighted by Crippen LogP contribution is 2.25. The lowest BCUT2D eigenvalue weighted by Crippen LogP contribution is -2.42. The second kappa shape index (κ2) is 8.39. The molecule has 0 fully saturated rings. The van der Waals surface area contributed by atoms with Gasteiger partial charge in [0, 0.05) is 21.7 Å². The molecule has 1 atom stereocenters. The van der Waals surface area contributed by atoms with Gasteiger partial charge in [0.2, 0.25) is 6.17 Å². The number of benzodiazepines with no additional fused rings is 1. The molecule has 0 saturated carbocycles. The molecule has 3 aromatic carbocycles. The molecule has 2 amide bonds. The fourth-order valence-electron chi connectivity index (χ4n) is 3.17. The summed E-state index contributed by atoms with van der Waals surface area (Å²) in [5.41, 5.74) is 3.06. The molecule has 0 spiro atoms. The lowest BCUT2D eigenvalue weighted by Gasteiger charge is -2.13. The number of ether oxygens (including phenoxy) is 1. The van der Waals surface area contributed by atoms with E-state index in [-0.39, 0.29) is 0 Å². The number of halogens is 1. The van der Waals surface area contributed by atoms with Crippen molar-refractivity contribution in [2.45, 2.75) is 6.17 Å². The number of amides is 2. The van der Waals surface area contributed by atoms with E-state index in [1.165, 1.54) is 0 Å². The van der Waals surface area contributed by atoms with Crippen molar-refractivity contribution in [3.63, 3.8) is 0 Å². The van der Waals surface area contributed by atoms with Gasteiger partial charge in [0.15, 0.2) is 0 Å². The topological polar surface area (TPSA) is 79.8 Å². The summed E-state index contributed by atoms with van der Waals surface area (Å²) in [4.78, 5) is 30.1. The van der Waals surface area contributed by atoms with Crippen molar-refractivity contribution in [2.24, 2.45) is 4.99 Å². The molecule has 1 aliphatic rings. The predicted octanol–water partition coefficient (Wildman–Crippen LogP) is 3.89. The third kappa shape index (κ3) is 4.04. The van der Waals surface area contributed by atoms with Crippen LogP contribution in [0, 0.1) is 0 Å². The monoisotopic (exact) mass is 419 g/mol. The van der Waals surface area contributed by atoms with Crippen LogP contribution >= 0.6 is 11.6 Å². The summed E-state index contributed by atoms with van der Waals surface area (Å²) in [6, 6.07) is 21.2. The van der Waals surface area contributed by atoms with Crippen LogP contribution in [0.15, 0.2) is 77.8 Å². The number of aliphatic imine (C=N–C) groups is 1. The lowest BCUT2D eigenvalue weighted by atomic mass is 10.0. The minimum atomic E-state index is -1.11. The average Bonchev–Trinajstić information content (AvgIpc) is 2.90.